The zero-order valence-corrected chi connectivity index (χ0v) is 11.7. The summed E-state index contributed by atoms with van der Waals surface area (Å²) in [6, 6.07) is 1.93. The Morgan fingerprint density at radius 1 is 1.50 bits per heavy atom. The van der Waals surface area contributed by atoms with E-state index in [4.69, 9.17) is 4.74 Å². The van der Waals surface area contributed by atoms with Gasteiger partial charge in [-0.15, -0.1) is 0 Å². The van der Waals surface area contributed by atoms with E-state index in [0.717, 1.165) is 22.2 Å². The normalized spacial score (nSPS) is 12.1. The highest BCUT2D eigenvalue weighted by Gasteiger charge is 2.16. The van der Waals surface area contributed by atoms with Gasteiger partial charge in [0.05, 0.1) is 5.60 Å². The van der Waals surface area contributed by atoms with Crippen molar-refractivity contribution in [3.63, 3.8) is 0 Å². The minimum atomic E-state index is -0.0993. The van der Waals surface area contributed by atoms with Crippen molar-refractivity contribution in [2.24, 2.45) is 0 Å². The van der Waals surface area contributed by atoms with Crippen LogP contribution in [-0.2, 0) is 11.3 Å². The Labute approximate surface area is 101 Å². The average molecular weight is 326 g/mol. The molecule has 0 fully saturated rings. The fourth-order valence-electron chi connectivity index (χ4n) is 0.999. The standard InChI is InChI=1S/C9H14Br2N2O/c1-9(2,14-3)4-5-13-8(11)6-7(10)12-13/h6H,4-5H2,1-3H3. The van der Waals surface area contributed by atoms with Crippen molar-refractivity contribution in [1.82, 2.24) is 9.78 Å². The third-order valence-corrected chi connectivity index (χ3v) is 3.21. The molecule has 0 atom stereocenters. The van der Waals surface area contributed by atoms with E-state index in [9.17, 15) is 0 Å². The van der Waals surface area contributed by atoms with Crippen LogP contribution in [0.5, 0.6) is 0 Å². The molecule has 3 nitrogen and oxygen atoms in total. The molecule has 1 heterocycles. The van der Waals surface area contributed by atoms with Crippen LogP contribution in [0.15, 0.2) is 15.3 Å². The molecule has 1 rings (SSSR count). The number of rotatable bonds is 4. The molecule has 0 aromatic carbocycles. The summed E-state index contributed by atoms with van der Waals surface area (Å²) in [6.07, 6.45) is 0.927. The number of methoxy groups -OCH3 is 1. The molecule has 0 N–H and O–H groups in total. The number of hydrogen-bond donors (Lipinski definition) is 0. The van der Waals surface area contributed by atoms with Crippen molar-refractivity contribution in [2.75, 3.05) is 7.11 Å². The molecule has 0 bridgehead atoms. The van der Waals surface area contributed by atoms with Crippen LogP contribution in [0, 0.1) is 0 Å². The summed E-state index contributed by atoms with van der Waals surface area (Å²) in [5.41, 5.74) is -0.0993. The van der Waals surface area contributed by atoms with Crippen molar-refractivity contribution in [3.05, 3.63) is 15.3 Å². The van der Waals surface area contributed by atoms with Crippen LogP contribution in [0.4, 0.5) is 0 Å². The van der Waals surface area contributed by atoms with Gasteiger partial charge in [0.1, 0.15) is 9.21 Å². The van der Waals surface area contributed by atoms with Gasteiger partial charge in [0, 0.05) is 19.7 Å². The van der Waals surface area contributed by atoms with E-state index in [1.807, 2.05) is 10.7 Å². The average Bonchev–Trinajstić information content (AvgIpc) is 2.42. The molecule has 0 aliphatic carbocycles. The maximum absolute atomic E-state index is 5.34. The first-order valence-corrected chi connectivity index (χ1v) is 5.97. The predicted octanol–water partition coefficient (Wildman–Crippen LogP) is 3.22. The zero-order valence-electron chi connectivity index (χ0n) is 8.55. The fraction of sp³-hybridized carbons (Fsp3) is 0.667. The van der Waals surface area contributed by atoms with Gasteiger partial charge < -0.3 is 4.74 Å². The Morgan fingerprint density at radius 3 is 2.57 bits per heavy atom. The quantitative estimate of drug-likeness (QED) is 0.849. The lowest BCUT2D eigenvalue weighted by molar-refractivity contribution is 0.0111. The third-order valence-electron chi connectivity index (χ3n) is 2.18. The lowest BCUT2D eigenvalue weighted by atomic mass is 10.1. The topological polar surface area (TPSA) is 27.1 Å². The number of halogens is 2. The zero-order chi connectivity index (χ0) is 10.8. The Kier molecular flexibility index (Phi) is 4.15. The van der Waals surface area contributed by atoms with Gasteiger partial charge in [0.15, 0.2) is 0 Å². The van der Waals surface area contributed by atoms with E-state index in [0.29, 0.717) is 0 Å². The highest BCUT2D eigenvalue weighted by atomic mass is 79.9. The van der Waals surface area contributed by atoms with Gasteiger partial charge in [0.25, 0.3) is 0 Å². The molecule has 0 saturated heterocycles. The predicted molar refractivity (Wildman–Crippen MR) is 63.3 cm³/mol. The SMILES string of the molecule is COC(C)(C)CCn1nc(Br)cc1Br. The van der Waals surface area contributed by atoms with Crippen molar-refractivity contribution >= 4 is 31.9 Å². The molecular formula is C9H14Br2N2O. The first-order valence-electron chi connectivity index (χ1n) is 4.38. The Hall–Kier alpha value is 0.130. The lowest BCUT2D eigenvalue weighted by Gasteiger charge is -2.22. The number of aryl methyl sites for hydroxylation is 1. The second-order valence-corrected chi connectivity index (χ2v) is 5.35. The highest BCUT2D eigenvalue weighted by molar-refractivity contribution is 9.11. The summed E-state index contributed by atoms with van der Waals surface area (Å²) in [7, 11) is 1.73. The van der Waals surface area contributed by atoms with Crippen LogP contribution >= 0.6 is 31.9 Å². The number of nitrogens with zero attached hydrogens (tertiary/aromatic N) is 2. The van der Waals surface area contributed by atoms with Gasteiger partial charge >= 0.3 is 0 Å². The van der Waals surface area contributed by atoms with Crippen LogP contribution in [0.1, 0.15) is 20.3 Å². The maximum Gasteiger partial charge on any atom is 0.129 e. The van der Waals surface area contributed by atoms with Crippen LogP contribution in [0.2, 0.25) is 0 Å². The van der Waals surface area contributed by atoms with E-state index in [2.05, 4.69) is 50.8 Å². The fourth-order valence-corrected chi connectivity index (χ4v) is 2.19. The molecule has 5 heteroatoms. The molecule has 80 valence electrons. The van der Waals surface area contributed by atoms with E-state index in [-0.39, 0.29) is 5.60 Å². The molecule has 0 spiro atoms. The molecular weight excluding hydrogens is 312 g/mol. The molecule has 0 aliphatic heterocycles. The monoisotopic (exact) mass is 324 g/mol. The van der Waals surface area contributed by atoms with Gasteiger partial charge in [-0.3, -0.25) is 4.68 Å². The molecule has 0 saturated carbocycles. The first kappa shape index (κ1) is 12.2. The molecule has 0 radical (unpaired) electrons. The van der Waals surface area contributed by atoms with Gasteiger partial charge in [-0.25, -0.2) is 0 Å². The number of hydrogen-bond acceptors (Lipinski definition) is 2. The summed E-state index contributed by atoms with van der Waals surface area (Å²) in [5.74, 6) is 0. The van der Waals surface area contributed by atoms with Crippen molar-refractivity contribution in [2.45, 2.75) is 32.4 Å². The second kappa shape index (κ2) is 4.77. The second-order valence-electron chi connectivity index (χ2n) is 3.73. The molecule has 0 unspecified atom stereocenters. The van der Waals surface area contributed by atoms with Crippen LogP contribution in [0.25, 0.3) is 0 Å². The molecule has 1 aromatic heterocycles. The Morgan fingerprint density at radius 2 is 2.14 bits per heavy atom. The van der Waals surface area contributed by atoms with Crippen molar-refractivity contribution < 1.29 is 4.74 Å². The summed E-state index contributed by atoms with van der Waals surface area (Å²) in [4.78, 5) is 0. The summed E-state index contributed by atoms with van der Waals surface area (Å²) >= 11 is 6.76. The van der Waals surface area contributed by atoms with Crippen LogP contribution in [-0.4, -0.2) is 22.5 Å². The van der Waals surface area contributed by atoms with E-state index in [1.54, 1.807) is 7.11 Å². The largest absolute Gasteiger partial charge is 0.379 e. The summed E-state index contributed by atoms with van der Waals surface area (Å²) in [5, 5.41) is 4.28. The van der Waals surface area contributed by atoms with E-state index < -0.39 is 0 Å². The summed E-state index contributed by atoms with van der Waals surface area (Å²) in [6.45, 7) is 4.98. The Bertz CT molecular complexity index is 310. The third kappa shape index (κ3) is 3.37. The smallest absolute Gasteiger partial charge is 0.129 e. The molecule has 1 aromatic rings. The first-order chi connectivity index (χ1) is 6.44. The van der Waals surface area contributed by atoms with E-state index in [1.165, 1.54) is 0 Å². The van der Waals surface area contributed by atoms with Crippen molar-refractivity contribution in [3.8, 4) is 0 Å². The lowest BCUT2D eigenvalue weighted by Crippen LogP contribution is -2.24. The van der Waals surface area contributed by atoms with Gasteiger partial charge in [-0.2, -0.15) is 5.10 Å². The van der Waals surface area contributed by atoms with Crippen molar-refractivity contribution in [1.29, 1.82) is 0 Å². The van der Waals surface area contributed by atoms with Gasteiger partial charge in [-0.1, -0.05) is 0 Å². The van der Waals surface area contributed by atoms with Crippen LogP contribution in [0.3, 0.4) is 0 Å². The highest BCUT2D eigenvalue weighted by Crippen LogP contribution is 2.19. The Balaban J connectivity index is 2.58. The number of ether oxygens (including phenoxy) is 1. The molecule has 14 heavy (non-hydrogen) atoms. The van der Waals surface area contributed by atoms with Gasteiger partial charge in [0.2, 0.25) is 0 Å². The van der Waals surface area contributed by atoms with Crippen LogP contribution < -0.4 is 0 Å². The summed E-state index contributed by atoms with van der Waals surface area (Å²) < 4.78 is 9.08. The minimum Gasteiger partial charge on any atom is -0.379 e. The number of aromatic nitrogens is 2. The van der Waals surface area contributed by atoms with E-state index >= 15 is 0 Å². The maximum atomic E-state index is 5.34. The molecule has 0 aliphatic rings. The molecule has 0 amide bonds. The minimum absolute atomic E-state index is 0.0993. The van der Waals surface area contributed by atoms with Gasteiger partial charge in [-0.05, 0) is 52.1 Å².